The maximum atomic E-state index is 13.1. The second kappa shape index (κ2) is 8.61. The van der Waals surface area contributed by atoms with Gasteiger partial charge in [-0.15, -0.1) is 0 Å². The molecule has 34 heavy (non-hydrogen) atoms. The zero-order valence-electron chi connectivity index (χ0n) is 17.5. The maximum Gasteiger partial charge on any atom is 0.387 e. The number of aromatic amines is 1. The number of fused-ring (bicyclic) bond motifs is 1. The highest BCUT2D eigenvalue weighted by Gasteiger charge is 2.22. The largest absolute Gasteiger partial charge is 0.454 e. The first-order chi connectivity index (χ1) is 16.5. The monoisotopic (exact) mass is 466 g/mol. The summed E-state index contributed by atoms with van der Waals surface area (Å²) in [6, 6.07) is 5.98. The van der Waals surface area contributed by atoms with E-state index in [2.05, 4.69) is 30.7 Å². The molecule has 172 valence electrons. The molecule has 1 amide bonds. The molecule has 0 radical (unpaired) electrons. The molecule has 0 atom stereocenters. The third-order valence-corrected chi connectivity index (χ3v) is 4.73. The fraction of sp³-hybridized carbons (Fsp3) is 0.0952. The molecule has 0 aliphatic carbocycles. The van der Waals surface area contributed by atoms with Gasteiger partial charge in [0.05, 0.1) is 29.8 Å². The van der Waals surface area contributed by atoms with Crippen molar-refractivity contribution in [2.75, 3.05) is 5.32 Å². The smallest absolute Gasteiger partial charge is 0.387 e. The van der Waals surface area contributed by atoms with E-state index in [0.717, 1.165) is 0 Å². The summed E-state index contributed by atoms with van der Waals surface area (Å²) in [4.78, 5) is 17.2. The van der Waals surface area contributed by atoms with E-state index in [1.807, 2.05) is 0 Å². The number of aryl methyl sites for hydroxylation is 1. The summed E-state index contributed by atoms with van der Waals surface area (Å²) in [7, 11) is 1.63. The molecule has 0 saturated carbocycles. The van der Waals surface area contributed by atoms with Crippen LogP contribution in [0.1, 0.15) is 10.4 Å². The first-order valence-corrected chi connectivity index (χ1v) is 9.87. The van der Waals surface area contributed by atoms with E-state index in [4.69, 9.17) is 9.47 Å². The van der Waals surface area contributed by atoms with Crippen LogP contribution in [0.3, 0.4) is 0 Å². The van der Waals surface area contributed by atoms with Gasteiger partial charge in [-0.1, -0.05) is 0 Å². The van der Waals surface area contributed by atoms with Gasteiger partial charge >= 0.3 is 6.61 Å². The van der Waals surface area contributed by atoms with Crippen LogP contribution < -0.4 is 14.8 Å². The Kier molecular flexibility index (Phi) is 5.33. The van der Waals surface area contributed by atoms with Crippen molar-refractivity contribution in [3.8, 4) is 28.5 Å². The molecule has 0 fully saturated rings. The highest BCUT2D eigenvalue weighted by Crippen LogP contribution is 2.38. The molecule has 0 saturated heterocycles. The predicted octanol–water partition coefficient (Wildman–Crippen LogP) is 3.50. The van der Waals surface area contributed by atoms with Crippen molar-refractivity contribution in [2.24, 2.45) is 7.05 Å². The van der Waals surface area contributed by atoms with Crippen LogP contribution in [0.5, 0.6) is 17.2 Å². The van der Waals surface area contributed by atoms with Crippen molar-refractivity contribution in [3.63, 3.8) is 0 Å². The Balaban J connectivity index is 1.52. The number of halogens is 2. The van der Waals surface area contributed by atoms with Crippen molar-refractivity contribution >= 4 is 17.2 Å². The molecule has 2 N–H and O–H groups in total. The molecule has 0 unspecified atom stereocenters. The molecule has 4 heterocycles. The normalized spacial score (nSPS) is 11.2. The second-order valence-electron chi connectivity index (χ2n) is 7.04. The lowest BCUT2D eigenvalue weighted by atomic mass is 10.1. The highest BCUT2D eigenvalue weighted by molar-refractivity contribution is 6.09. The van der Waals surface area contributed by atoms with Gasteiger partial charge in [0.15, 0.2) is 11.4 Å². The van der Waals surface area contributed by atoms with Gasteiger partial charge in [-0.2, -0.15) is 24.1 Å². The molecule has 13 heteroatoms. The topological polar surface area (TPSA) is 124 Å². The summed E-state index contributed by atoms with van der Waals surface area (Å²) in [6.45, 7) is -3.06. The Hall–Kier alpha value is -4.81. The number of aromatic nitrogens is 7. The Morgan fingerprint density at radius 1 is 1.24 bits per heavy atom. The first-order valence-electron chi connectivity index (χ1n) is 9.87. The van der Waals surface area contributed by atoms with Crippen LogP contribution in [0.4, 0.5) is 14.5 Å². The SMILES string of the molecule is Cn1cc(NC(=O)c2cnn3cccnc23)c(-c2cc(Oc3cn[nH]c3)ccc2OC(F)F)n1. The fourth-order valence-electron chi connectivity index (χ4n) is 3.34. The summed E-state index contributed by atoms with van der Waals surface area (Å²) in [6.07, 6.45) is 9.12. The van der Waals surface area contributed by atoms with Crippen LogP contribution in [-0.4, -0.2) is 47.1 Å². The number of H-pyrrole nitrogens is 1. The Labute approximate surface area is 189 Å². The number of ether oxygens (including phenoxy) is 2. The third kappa shape index (κ3) is 4.13. The minimum Gasteiger partial charge on any atom is -0.454 e. The fourth-order valence-corrected chi connectivity index (χ4v) is 3.34. The van der Waals surface area contributed by atoms with Gasteiger partial charge in [0, 0.05) is 25.6 Å². The average Bonchev–Trinajstić information content (AvgIpc) is 3.54. The van der Waals surface area contributed by atoms with Crippen LogP contribution in [-0.2, 0) is 7.05 Å². The summed E-state index contributed by atoms with van der Waals surface area (Å²) in [5.74, 6) is 0.114. The molecule has 4 aromatic heterocycles. The van der Waals surface area contributed by atoms with Crippen LogP contribution >= 0.6 is 0 Å². The van der Waals surface area contributed by atoms with E-state index in [9.17, 15) is 13.6 Å². The lowest BCUT2D eigenvalue weighted by molar-refractivity contribution is -0.0494. The summed E-state index contributed by atoms with van der Waals surface area (Å²) < 4.78 is 39.5. The molecule has 11 nitrogen and oxygen atoms in total. The maximum absolute atomic E-state index is 13.1. The van der Waals surface area contributed by atoms with Gasteiger partial charge in [-0.05, 0) is 24.3 Å². The number of anilines is 1. The summed E-state index contributed by atoms with van der Waals surface area (Å²) in [5.41, 5.74) is 1.25. The van der Waals surface area contributed by atoms with Gasteiger partial charge in [0.1, 0.15) is 22.8 Å². The molecule has 0 aliphatic heterocycles. The van der Waals surface area contributed by atoms with Crippen molar-refractivity contribution in [1.29, 1.82) is 0 Å². The number of alkyl halides is 2. The minimum atomic E-state index is -3.06. The summed E-state index contributed by atoms with van der Waals surface area (Å²) in [5, 5.41) is 17.6. The Morgan fingerprint density at radius 2 is 2.12 bits per heavy atom. The number of nitrogens with zero attached hydrogens (tertiary/aromatic N) is 6. The molecule has 0 spiro atoms. The van der Waals surface area contributed by atoms with E-state index in [0.29, 0.717) is 17.1 Å². The number of rotatable bonds is 7. The third-order valence-electron chi connectivity index (χ3n) is 4.73. The van der Waals surface area contributed by atoms with E-state index < -0.39 is 12.5 Å². The molecule has 0 bridgehead atoms. The van der Waals surface area contributed by atoms with E-state index in [1.165, 1.54) is 46.0 Å². The van der Waals surface area contributed by atoms with Crippen molar-refractivity contribution in [1.82, 2.24) is 34.6 Å². The molecule has 0 aliphatic rings. The molecular formula is C21H16F2N8O3. The van der Waals surface area contributed by atoms with Crippen molar-refractivity contribution in [2.45, 2.75) is 6.61 Å². The number of benzene rings is 1. The first kappa shape index (κ1) is 21.1. The molecule has 5 aromatic rings. The van der Waals surface area contributed by atoms with E-state index in [-0.39, 0.29) is 28.3 Å². The quantitative estimate of drug-likeness (QED) is 0.376. The van der Waals surface area contributed by atoms with Crippen LogP contribution in [0, 0.1) is 0 Å². The highest BCUT2D eigenvalue weighted by atomic mass is 19.3. The molecular weight excluding hydrogens is 450 g/mol. The molecule has 1 aromatic carbocycles. The summed E-state index contributed by atoms with van der Waals surface area (Å²) >= 11 is 0. The van der Waals surface area contributed by atoms with Crippen LogP contribution in [0.2, 0.25) is 0 Å². The lowest BCUT2D eigenvalue weighted by Crippen LogP contribution is -2.12. The van der Waals surface area contributed by atoms with E-state index in [1.54, 1.807) is 31.7 Å². The number of hydrogen-bond donors (Lipinski definition) is 2. The van der Waals surface area contributed by atoms with Crippen molar-refractivity contribution in [3.05, 3.63) is 67.0 Å². The van der Waals surface area contributed by atoms with Gasteiger partial charge in [0.2, 0.25) is 0 Å². The standard InChI is InChI=1S/C21H16F2N8O3/c1-30-11-16(28-20(32)15-10-27-31-6-2-5-24-19(15)31)18(29-30)14-7-12(33-13-8-25-26-9-13)3-4-17(14)34-21(22)23/h2-11,21H,1H3,(H,25,26)(H,28,32). The average molecular weight is 466 g/mol. The second-order valence-corrected chi connectivity index (χ2v) is 7.04. The zero-order chi connectivity index (χ0) is 23.7. The van der Waals surface area contributed by atoms with Crippen LogP contribution in [0.25, 0.3) is 16.9 Å². The van der Waals surface area contributed by atoms with Gasteiger partial charge in [-0.25, -0.2) is 9.50 Å². The Bertz CT molecular complexity index is 1460. The van der Waals surface area contributed by atoms with Gasteiger partial charge in [-0.3, -0.25) is 14.6 Å². The van der Waals surface area contributed by atoms with Gasteiger partial charge in [0.25, 0.3) is 5.91 Å². The number of amides is 1. The number of nitrogens with one attached hydrogen (secondary N) is 2. The number of hydrogen-bond acceptors (Lipinski definition) is 7. The lowest BCUT2D eigenvalue weighted by Gasteiger charge is -2.13. The molecule has 5 rings (SSSR count). The van der Waals surface area contributed by atoms with Crippen LogP contribution in [0.15, 0.2) is 61.4 Å². The van der Waals surface area contributed by atoms with E-state index >= 15 is 0 Å². The van der Waals surface area contributed by atoms with Gasteiger partial charge < -0.3 is 14.8 Å². The number of carbonyl (C=O) groups excluding carboxylic acids is 1. The predicted molar refractivity (Wildman–Crippen MR) is 115 cm³/mol. The number of carbonyl (C=O) groups is 1. The van der Waals surface area contributed by atoms with Crippen molar-refractivity contribution < 1.29 is 23.0 Å². The minimum absolute atomic E-state index is 0.138. The Morgan fingerprint density at radius 3 is 2.91 bits per heavy atom. The zero-order valence-corrected chi connectivity index (χ0v) is 17.5.